The van der Waals surface area contributed by atoms with Crippen LogP contribution in [0.15, 0.2) is 59.4 Å². The standard InChI is InChI=1S/C16H12N2O/c19-16-12-8-4-5-9-13(12)17-15-10-14(18(15)16)11-6-2-1-3-7-11/h1-9,14H,10H2/t14-/m0/s1. The van der Waals surface area contributed by atoms with Gasteiger partial charge in [0.05, 0.1) is 16.9 Å². The minimum atomic E-state index is 0.0701. The molecule has 0 spiro atoms. The van der Waals surface area contributed by atoms with Gasteiger partial charge < -0.3 is 0 Å². The van der Waals surface area contributed by atoms with Gasteiger partial charge in [0, 0.05) is 6.42 Å². The Morgan fingerprint density at radius 2 is 1.74 bits per heavy atom. The second kappa shape index (κ2) is 3.79. The van der Waals surface area contributed by atoms with Crippen LogP contribution in [0.25, 0.3) is 10.9 Å². The summed E-state index contributed by atoms with van der Waals surface area (Å²) < 4.78 is 1.82. The number of para-hydroxylation sites is 1. The summed E-state index contributed by atoms with van der Waals surface area (Å²) in [7, 11) is 0. The van der Waals surface area contributed by atoms with Crippen molar-refractivity contribution in [1.29, 1.82) is 0 Å². The van der Waals surface area contributed by atoms with Crippen molar-refractivity contribution >= 4 is 10.9 Å². The van der Waals surface area contributed by atoms with Crippen LogP contribution < -0.4 is 5.56 Å². The fourth-order valence-corrected chi connectivity index (χ4v) is 2.75. The summed E-state index contributed by atoms with van der Waals surface area (Å²) in [6, 6.07) is 17.8. The molecule has 92 valence electrons. The molecule has 1 aliphatic heterocycles. The van der Waals surface area contributed by atoms with Gasteiger partial charge in [0.2, 0.25) is 0 Å². The van der Waals surface area contributed by atoms with E-state index in [-0.39, 0.29) is 11.6 Å². The largest absolute Gasteiger partial charge is 0.288 e. The average molecular weight is 248 g/mol. The first-order valence-corrected chi connectivity index (χ1v) is 6.40. The maximum atomic E-state index is 12.5. The van der Waals surface area contributed by atoms with Gasteiger partial charge in [-0.1, -0.05) is 42.5 Å². The number of rotatable bonds is 1. The van der Waals surface area contributed by atoms with E-state index in [9.17, 15) is 4.79 Å². The Balaban J connectivity index is 1.94. The number of nitrogens with zero attached hydrogens (tertiary/aromatic N) is 2. The molecule has 0 aliphatic carbocycles. The van der Waals surface area contributed by atoms with Crippen molar-refractivity contribution in [1.82, 2.24) is 9.55 Å². The van der Waals surface area contributed by atoms with Crippen molar-refractivity contribution in [3.05, 3.63) is 76.3 Å². The monoisotopic (exact) mass is 248 g/mol. The molecule has 0 N–H and O–H groups in total. The van der Waals surface area contributed by atoms with Crippen LogP contribution in [0, 0.1) is 0 Å². The minimum absolute atomic E-state index is 0.0701. The zero-order valence-corrected chi connectivity index (χ0v) is 10.3. The number of fused-ring (bicyclic) bond motifs is 2. The molecule has 1 aromatic heterocycles. The molecule has 0 unspecified atom stereocenters. The lowest BCUT2D eigenvalue weighted by atomic mass is 9.96. The third-order valence-corrected chi connectivity index (χ3v) is 3.75. The van der Waals surface area contributed by atoms with Crippen LogP contribution in [0.3, 0.4) is 0 Å². The fraction of sp³-hybridized carbons (Fsp3) is 0.125. The van der Waals surface area contributed by atoms with Crippen LogP contribution in [0.5, 0.6) is 0 Å². The zero-order valence-electron chi connectivity index (χ0n) is 10.3. The molecular weight excluding hydrogens is 236 g/mol. The number of hydrogen-bond acceptors (Lipinski definition) is 2. The third-order valence-electron chi connectivity index (χ3n) is 3.75. The fourth-order valence-electron chi connectivity index (χ4n) is 2.75. The van der Waals surface area contributed by atoms with Crippen molar-refractivity contribution in [2.75, 3.05) is 0 Å². The lowest BCUT2D eigenvalue weighted by Gasteiger charge is -2.32. The van der Waals surface area contributed by atoms with Crippen LogP contribution in [0.2, 0.25) is 0 Å². The van der Waals surface area contributed by atoms with Crippen molar-refractivity contribution in [2.24, 2.45) is 0 Å². The Bertz CT molecular complexity index is 821. The van der Waals surface area contributed by atoms with E-state index in [1.807, 2.05) is 47.0 Å². The Hall–Kier alpha value is -2.42. The van der Waals surface area contributed by atoms with Crippen LogP contribution in [0.4, 0.5) is 0 Å². The highest BCUT2D eigenvalue weighted by Crippen LogP contribution is 2.30. The van der Waals surface area contributed by atoms with E-state index < -0.39 is 0 Å². The average Bonchev–Trinajstić information content (AvgIpc) is 2.43. The predicted octanol–water partition coefficient (Wildman–Crippen LogP) is 2.54. The molecule has 3 aromatic rings. The topological polar surface area (TPSA) is 34.9 Å². The van der Waals surface area contributed by atoms with Crippen molar-refractivity contribution in [2.45, 2.75) is 12.5 Å². The van der Waals surface area contributed by atoms with Gasteiger partial charge in [-0.15, -0.1) is 0 Å². The van der Waals surface area contributed by atoms with Gasteiger partial charge >= 0.3 is 0 Å². The van der Waals surface area contributed by atoms with Crippen molar-refractivity contribution in [3.8, 4) is 0 Å². The summed E-state index contributed by atoms with van der Waals surface area (Å²) in [5, 5.41) is 0.701. The quantitative estimate of drug-likeness (QED) is 0.663. The number of benzene rings is 2. The van der Waals surface area contributed by atoms with Gasteiger partial charge in [0.1, 0.15) is 5.82 Å². The second-order valence-electron chi connectivity index (χ2n) is 4.85. The van der Waals surface area contributed by atoms with Crippen molar-refractivity contribution < 1.29 is 0 Å². The first kappa shape index (κ1) is 10.5. The first-order chi connectivity index (χ1) is 9.34. The number of aromatic nitrogens is 2. The molecule has 1 atom stereocenters. The lowest BCUT2D eigenvalue weighted by molar-refractivity contribution is 0.423. The van der Waals surface area contributed by atoms with E-state index in [2.05, 4.69) is 17.1 Å². The highest BCUT2D eigenvalue weighted by Gasteiger charge is 2.30. The molecule has 0 saturated heterocycles. The molecule has 3 nitrogen and oxygen atoms in total. The van der Waals surface area contributed by atoms with E-state index >= 15 is 0 Å². The van der Waals surface area contributed by atoms with E-state index in [0.717, 1.165) is 17.8 Å². The molecule has 1 aliphatic rings. The summed E-state index contributed by atoms with van der Waals surface area (Å²) in [6.07, 6.45) is 0.837. The lowest BCUT2D eigenvalue weighted by Crippen LogP contribution is -2.39. The second-order valence-corrected chi connectivity index (χ2v) is 4.85. The zero-order chi connectivity index (χ0) is 12.8. The Morgan fingerprint density at radius 1 is 1.00 bits per heavy atom. The molecule has 0 fully saturated rings. The van der Waals surface area contributed by atoms with E-state index in [1.54, 1.807) is 0 Å². The van der Waals surface area contributed by atoms with Gasteiger partial charge in [-0.2, -0.15) is 0 Å². The summed E-state index contributed by atoms with van der Waals surface area (Å²) in [4.78, 5) is 17.1. The van der Waals surface area contributed by atoms with Crippen LogP contribution in [0.1, 0.15) is 17.4 Å². The van der Waals surface area contributed by atoms with Gasteiger partial charge in [0.25, 0.3) is 5.56 Å². The van der Waals surface area contributed by atoms with Crippen LogP contribution in [-0.2, 0) is 6.42 Å². The Kier molecular flexibility index (Phi) is 2.09. The molecular formula is C16H12N2O. The normalized spacial score (nSPS) is 16.9. The van der Waals surface area contributed by atoms with E-state index in [1.165, 1.54) is 5.56 Å². The molecule has 4 rings (SSSR count). The SMILES string of the molecule is O=c1c2ccccc2nc2n1[C@H](c1ccccc1)C2. The molecule has 19 heavy (non-hydrogen) atoms. The highest BCUT2D eigenvalue weighted by molar-refractivity contribution is 5.77. The number of hydrogen-bond donors (Lipinski definition) is 0. The summed E-state index contributed by atoms with van der Waals surface area (Å²) in [5.74, 6) is 0.887. The first-order valence-electron chi connectivity index (χ1n) is 6.40. The molecule has 2 aromatic carbocycles. The molecule has 3 heteroatoms. The molecule has 0 radical (unpaired) electrons. The van der Waals surface area contributed by atoms with E-state index in [0.29, 0.717) is 5.39 Å². The minimum Gasteiger partial charge on any atom is -0.288 e. The maximum Gasteiger partial charge on any atom is 0.261 e. The molecule has 0 bridgehead atoms. The van der Waals surface area contributed by atoms with Gasteiger partial charge in [-0.25, -0.2) is 4.98 Å². The molecule has 0 amide bonds. The molecule has 0 saturated carbocycles. The highest BCUT2D eigenvalue weighted by atomic mass is 16.1. The van der Waals surface area contributed by atoms with Gasteiger partial charge in [0.15, 0.2) is 0 Å². The maximum absolute atomic E-state index is 12.5. The summed E-state index contributed by atoms with van der Waals surface area (Å²) >= 11 is 0. The predicted molar refractivity (Wildman–Crippen MR) is 74.3 cm³/mol. The van der Waals surface area contributed by atoms with Crippen LogP contribution >= 0.6 is 0 Å². The van der Waals surface area contributed by atoms with Crippen LogP contribution in [-0.4, -0.2) is 9.55 Å². The smallest absolute Gasteiger partial charge is 0.261 e. The Labute approximate surface area is 110 Å². The van der Waals surface area contributed by atoms with E-state index in [4.69, 9.17) is 0 Å². The Morgan fingerprint density at radius 3 is 2.58 bits per heavy atom. The summed E-state index contributed by atoms with van der Waals surface area (Å²) in [5.41, 5.74) is 2.04. The third kappa shape index (κ3) is 1.45. The summed E-state index contributed by atoms with van der Waals surface area (Å²) in [6.45, 7) is 0. The van der Waals surface area contributed by atoms with Crippen molar-refractivity contribution in [3.63, 3.8) is 0 Å². The molecule has 2 heterocycles. The van der Waals surface area contributed by atoms with Gasteiger partial charge in [-0.05, 0) is 17.7 Å². The van der Waals surface area contributed by atoms with Gasteiger partial charge in [-0.3, -0.25) is 9.36 Å².